The minimum absolute atomic E-state index is 0.103. The Morgan fingerprint density at radius 1 is 1.91 bits per heavy atom. The van der Waals surface area contributed by atoms with Gasteiger partial charge in [0.05, 0.1) is 6.20 Å². The first-order valence-corrected chi connectivity index (χ1v) is 3.80. The zero-order valence-electron chi connectivity index (χ0n) is 5.91. The summed E-state index contributed by atoms with van der Waals surface area (Å²) in [5.41, 5.74) is 0.936. The van der Waals surface area contributed by atoms with E-state index < -0.39 is 5.97 Å². The van der Waals surface area contributed by atoms with Gasteiger partial charge in [0, 0.05) is 5.56 Å². The van der Waals surface area contributed by atoms with Crippen molar-refractivity contribution in [1.29, 1.82) is 0 Å². The summed E-state index contributed by atoms with van der Waals surface area (Å²) >= 11 is 3.22. The molecule has 0 amide bonds. The summed E-state index contributed by atoms with van der Waals surface area (Å²) in [4.78, 5) is 10.2. The van der Waals surface area contributed by atoms with E-state index >= 15 is 0 Å². The van der Waals surface area contributed by atoms with Crippen LogP contribution in [0.25, 0.3) is 0 Å². The van der Waals surface area contributed by atoms with E-state index in [9.17, 15) is 4.79 Å². The van der Waals surface area contributed by atoms with E-state index in [1.165, 1.54) is 4.68 Å². The van der Waals surface area contributed by atoms with Crippen LogP contribution in [0.2, 0.25) is 0 Å². The Labute approximate surface area is 72.0 Å². The Hall–Kier alpha value is -0.840. The highest BCUT2D eigenvalue weighted by atomic mass is 79.9. The van der Waals surface area contributed by atoms with E-state index in [0.29, 0.717) is 0 Å². The van der Waals surface area contributed by atoms with Crippen LogP contribution in [0.1, 0.15) is 5.56 Å². The normalized spacial score (nSPS) is 10.0. The molecule has 1 rings (SSSR count). The van der Waals surface area contributed by atoms with E-state index in [-0.39, 0.29) is 6.54 Å². The van der Waals surface area contributed by atoms with Crippen LogP contribution in [0.5, 0.6) is 0 Å². The molecule has 0 aliphatic carbocycles. The highest BCUT2D eigenvalue weighted by molar-refractivity contribution is 9.10. The zero-order valence-corrected chi connectivity index (χ0v) is 7.50. The van der Waals surface area contributed by atoms with Crippen molar-refractivity contribution in [1.82, 2.24) is 9.78 Å². The number of rotatable bonds is 2. The third-order valence-corrected chi connectivity index (χ3v) is 2.26. The van der Waals surface area contributed by atoms with Crippen LogP contribution >= 0.6 is 15.9 Å². The molecular formula is C6H7BrN2O2. The van der Waals surface area contributed by atoms with Gasteiger partial charge in [0.1, 0.15) is 11.1 Å². The second-order valence-corrected chi connectivity index (χ2v) is 2.92. The van der Waals surface area contributed by atoms with Crippen LogP contribution in [-0.4, -0.2) is 20.9 Å². The predicted molar refractivity (Wildman–Crippen MR) is 42.3 cm³/mol. The molecule has 1 aromatic rings. The minimum atomic E-state index is -0.895. The van der Waals surface area contributed by atoms with E-state index in [2.05, 4.69) is 21.0 Å². The molecule has 0 radical (unpaired) electrons. The predicted octanol–water partition coefficient (Wildman–Crippen LogP) is 1.04. The first-order chi connectivity index (χ1) is 5.11. The average molecular weight is 219 g/mol. The molecule has 1 aromatic heterocycles. The van der Waals surface area contributed by atoms with E-state index in [4.69, 9.17) is 5.11 Å². The van der Waals surface area contributed by atoms with E-state index in [1.54, 1.807) is 6.20 Å². The van der Waals surface area contributed by atoms with Gasteiger partial charge in [-0.2, -0.15) is 5.10 Å². The molecule has 5 heteroatoms. The summed E-state index contributed by atoms with van der Waals surface area (Å²) in [6.45, 7) is 1.75. The highest BCUT2D eigenvalue weighted by Gasteiger charge is 2.06. The molecule has 4 nitrogen and oxygen atoms in total. The number of hydrogen-bond donors (Lipinski definition) is 1. The van der Waals surface area contributed by atoms with Crippen molar-refractivity contribution in [3.05, 3.63) is 16.4 Å². The fourth-order valence-corrected chi connectivity index (χ4v) is 1.02. The van der Waals surface area contributed by atoms with E-state index in [1.807, 2.05) is 6.92 Å². The van der Waals surface area contributed by atoms with Gasteiger partial charge < -0.3 is 5.11 Å². The molecule has 0 aromatic carbocycles. The number of nitrogens with zero attached hydrogens (tertiary/aromatic N) is 2. The van der Waals surface area contributed by atoms with Crippen LogP contribution in [0, 0.1) is 6.92 Å². The molecule has 0 saturated carbocycles. The summed E-state index contributed by atoms with van der Waals surface area (Å²) in [5, 5.41) is 12.3. The number of carboxylic acid groups (broad SMARTS) is 1. The molecule has 0 bridgehead atoms. The maximum absolute atomic E-state index is 10.2. The lowest BCUT2D eigenvalue weighted by molar-refractivity contribution is -0.137. The number of aryl methyl sites for hydroxylation is 1. The summed E-state index contributed by atoms with van der Waals surface area (Å²) in [6.07, 6.45) is 1.62. The van der Waals surface area contributed by atoms with Crippen molar-refractivity contribution in [3.8, 4) is 0 Å². The lowest BCUT2D eigenvalue weighted by atomic mass is 10.4. The van der Waals surface area contributed by atoms with E-state index in [0.717, 1.165) is 10.2 Å². The second kappa shape index (κ2) is 3.04. The molecule has 0 atom stereocenters. The molecule has 0 spiro atoms. The van der Waals surface area contributed by atoms with Gasteiger partial charge in [-0.15, -0.1) is 0 Å². The monoisotopic (exact) mass is 218 g/mol. The smallest absolute Gasteiger partial charge is 0.325 e. The lowest BCUT2D eigenvalue weighted by Gasteiger charge is -1.97. The fraction of sp³-hybridized carbons (Fsp3) is 0.333. The Morgan fingerprint density at radius 3 is 2.91 bits per heavy atom. The maximum atomic E-state index is 10.2. The molecule has 0 saturated heterocycles. The minimum Gasteiger partial charge on any atom is -0.480 e. The van der Waals surface area contributed by atoms with Gasteiger partial charge in [-0.25, -0.2) is 4.68 Å². The summed E-state index contributed by atoms with van der Waals surface area (Å²) in [6, 6.07) is 0. The summed E-state index contributed by atoms with van der Waals surface area (Å²) in [7, 11) is 0. The van der Waals surface area contributed by atoms with Crippen LogP contribution in [0.15, 0.2) is 10.8 Å². The Kier molecular flexibility index (Phi) is 2.28. The van der Waals surface area contributed by atoms with Gasteiger partial charge in [0.2, 0.25) is 0 Å². The standard InChI is InChI=1S/C6H7BrN2O2/c1-4-2-8-9(6(4)7)3-5(10)11/h2H,3H2,1H3,(H,10,11). The first-order valence-electron chi connectivity index (χ1n) is 3.01. The Balaban J connectivity index is 2.87. The summed E-state index contributed by atoms with van der Waals surface area (Å²) in [5.74, 6) is -0.895. The third kappa shape index (κ3) is 1.80. The Morgan fingerprint density at radius 2 is 2.55 bits per heavy atom. The highest BCUT2D eigenvalue weighted by Crippen LogP contribution is 2.13. The van der Waals surface area contributed by atoms with Crippen LogP contribution < -0.4 is 0 Å². The first kappa shape index (κ1) is 8.26. The third-order valence-electron chi connectivity index (χ3n) is 1.23. The van der Waals surface area contributed by atoms with Crippen LogP contribution in [0.3, 0.4) is 0 Å². The van der Waals surface area contributed by atoms with Crippen molar-refractivity contribution >= 4 is 21.9 Å². The molecule has 0 unspecified atom stereocenters. The van der Waals surface area contributed by atoms with Crippen LogP contribution in [-0.2, 0) is 11.3 Å². The second-order valence-electron chi connectivity index (χ2n) is 2.17. The molecule has 1 heterocycles. The molecule has 0 aliphatic rings. The molecule has 60 valence electrons. The van der Waals surface area contributed by atoms with Gasteiger partial charge in [0.25, 0.3) is 0 Å². The molecule has 1 N–H and O–H groups in total. The van der Waals surface area contributed by atoms with Gasteiger partial charge in [-0.1, -0.05) is 0 Å². The Bertz CT molecular complexity index is 282. The number of carboxylic acids is 1. The topological polar surface area (TPSA) is 55.1 Å². The van der Waals surface area contributed by atoms with Gasteiger partial charge in [-0.3, -0.25) is 4.79 Å². The zero-order chi connectivity index (χ0) is 8.43. The van der Waals surface area contributed by atoms with Crippen molar-refractivity contribution in [2.24, 2.45) is 0 Å². The maximum Gasteiger partial charge on any atom is 0.325 e. The number of aliphatic carboxylic acids is 1. The van der Waals surface area contributed by atoms with Crippen LogP contribution in [0.4, 0.5) is 0 Å². The quantitative estimate of drug-likeness (QED) is 0.808. The van der Waals surface area contributed by atoms with Gasteiger partial charge in [0.15, 0.2) is 0 Å². The van der Waals surface area contributed by atoms with Crippen molar-refractivity contribution in [3.63, 3.8) is 0 Å². The molecular weight excluding hydrogens is 212 g/mol. The van der Waals surface area contributed by atoms with Gasteiger partial charge >= 0.3 is 5.97 Å². The molecule has 0 aliphatic heterocycles. The number of halogens is 1. The number of hydrogen-bond acceptors (Lipinski definition) is 2. The van der Waals surface area contributed by atoms with Crippen molar-refractivity contribution in [2.75, 3.05) is 0 Å². The molecule has 11 heavy (non-hydrogen) atoms. The largest absolute Gasteiger partial charge is 0.480 e. The number of carbonyl (C=O) groups is 1. The number of aromatic nitrogens is 2. The van der Waals surface area contributed by atoms with Gasteiger partial charge in [-0.05, 0) is 22.9 Å². The molecule has 0 fully saturated rings. The average Bonchev–Trinajstić information content (AvgIpc) is 2.18. The SMILES string of the molecule is Cc1cnn(CC(=O)O)c1Br. The summed E-state index contributed by atoms with van der Waals surface area (Å²) < 4.78 is 2.11. The van der Waals surface area contributed by atoms with Crippen molar-refractivity contribution < 1.29 is 9.90 Å². The fourth-order valence-electron chi connectivity index (χ4n) is 0.702. The lowest BCUT2D eigenvalue weighted by Crippen LogP contribution is -2.10. The van der Waals surface area contributed by atoms with Crippen molar-refractivity contribution in [2.45, 2.75) is 13.5 Å².